The Kier molecular flexibility index (Phi) is 6.01. The van der Waals surface area contributed by atoms with Gasteiger partial charge in [-0.25, -0.2) is 9.97 Å². The Morgan fingerprint density at radius 1 is 1.27 bits per heavy atom. The molecular weight excluding hydrogens is 330 g/mol. The van der Waals surface area contributed by atoms with Crippen LogP contribution in [0.3, 0.4) is 0 Å². The van der Waals surface area contributed by atoms with Crippen molar-refractivity contribution in [1.29, 1.82) is 0 Å². The molecule has 1 unspecified atom stereocenters. The number of carbonyl (C=O) groups is 1. The van der Waals surface area contributed by atoms with E-state index in [1.807, 2.05) is 32.0 Å². The molecule has 7 nitrogen and oxygen atoms in total. The van der Waals surface area contributed by atoms with Gasteiger partial charge in [0.25, 0.3) is 5.91 Å². The van der Waals surface area contributed by atoms with Crippen LogP contribution in [0.1, 0.15) is 30.8 Å². The molecule has 138 valence electrons. The van der Waals surface area contributed by atoms with Crippen molar-refractivity contribution < 1.29 is 9.53 Å². The van der Waals surface area contributed by atoms with Crippen LogP contribution < -0.4 is 15.5 Å². The van der Waals surface area contributed by atoms with Gasteiger partial charge < -0.3 is 20.3 Å². The molecule has 1 amide bonds. The summed E-state index contributed by atoms with van der Waals surface area (Å²) < 4.78 is 5.43. The highest BCUT2D eigenvalue weighted by Gasteiger charge is 2.16. The van der Waals surface area contributed by atoms with Crippen molar-refractivity contribution in [3.8, 4) is 0 Å². The van der Waals surface area contributed by atoms with Gasteiger partial charge in [0.2, 0.25) is 5.95 Å². The molecule has 0 bridgehead atoms. The van der Waals surface area contributed by atoms with Gasteiger partial charge >= 0.3 is 0 Å². The van der Waals surface area contributed by atoms with Crippen LogP contribution in [0, 0.1) is 0 Å². The van der Waals surface area contributed by atoms with E-state index in [2.05, 4.69) is 31.6 Å². The van der Waals surface area contributed by atoms with Crippen molar-refractivity contribution >= 4 is 23.2 Å². The number of hydrogen-bond acceptors (Lipinski definition) is 6. The maximum Gasteiger partial charge on any atom is 0.270 e. The molecule has 0 aliphatic carbocycles. The SMILES string of the molecule is CCC(C)NC(=O)c1ccnc(Nc2ccccc2N2CCOCC2)n1. The average molecular weight is 355 g/mol. The zero-order valence-electron chi connectivity index (χ0n) is 15.2. The number of amides is 1. The van der Waals surface area contributed by atoms with Gasteiger partial charge in [-0.15, -0.1) is 0 Å². The Morgan fingerprint density at radius 3 is 2.81 bits per heavy atom. The van der Waals surface area contributed by atoms with Gasteiger partial charge in [-0.2, -0.15) is 0 Å². The monoisotopic (exact) mass is 355 g/mol. The minimum atomic E-state index is -0.189. The summed E-state index contributed by atoms with van der Waals surface area (Å²) in [4.78, 5) is 23.2. The Hall–Kier alpha value is -2.67. The van der Waals surface area contributed by atoms with Crippen LogP contribution in [0.15, 0.2) is 36.5 Å². The maximum absolute atomic E-state index is 12.3. The highest BCUT2D eigenvalue weighted by molar-refractivity contribution is 5.92. The fourth-order valence-electron chi connectivity index (χ4n) is 2.72. The topological polar surface area (TPSA) is 79.4 Å². The van der Waals surface area contributed by atoms with E-state index in [1.54, 1.807) is 12.3 Å². The summed E-state index contributed by atoms with van der Waals surface area (Å²) in [6.45, 7) is 7.12. The first-order valence-electron chi connectivity index (χ1n) is 9.00. The number of nitrogens with one attached hydrogen (secondary N) is 2. The summed E-state index contributed by atoms with van der Waals surface area (Å²) in [6.07, 6.45) is 2.47. The lowest BCUT2D eigenvalue weighted by Crippen LogP contribution is -2.36. The zero-order chi connectivity index (χ0) is 18.4. The largest absolute Gasteiger partial charge is 0.378 e. The number of hydrogen-bond donors (Lipinski definition) is 2. The van der Waals surface area contributed by atoms with E-state index in [1.165, 1.54) is 0 Å². The highest BCUT2D eigenvalue weighted by Crippen LogP contribution is 2.28. The van der Waals surface area contributed by atoms with Gasteiger partial charge in [0.1, 0.15) is 5.69 Å². The third-order valence-electron chi connectivity index (χ3n) is 4.38. The molecule has 1 aromatic heterocycles. The maximum atomic E-state index is 12.3. The molecule has 0 spiro atoms. The van der Waals surface area contributed by atoms with E-state index in [0.29, 0.717) is 11.6 Å². The van der Waals surface area contributed by atoms with Crippen molar-refractivity contribution in [3.63, 3.8) is 0 Å². The van der Waals surface area contributed by atoms with E-state index in [-0.39, 0.29) is 11.9 Å². The van der Waals surface area contributed by atoms with Crippen LogP contribution in [0.4, 0.5) is 17.3 Å². The number of morpholine rings is 1. The van der Waals surface area contributed by atoms with Crippen LogP contribution in [-0.4, -0.2) is 48.2 Å². The summed E-state index contributed by atoms with van der Waals surface area (Å²) in [7, 11) is 0. The van der Waals surface area contributed by atoms with E-state index in [0.717, 1.165) is 44.1 Å². The zero-order valence-corrected chi connectivity index (χ0v) is 15.2. The normalized spacial score (nSPS) is 15.4. The first-order valence-corrected chi connectivity index (χ1v) is 9.00. The van der Waals surface area contributed by atoms with Crippen LogP contribution >= 0.6 is 0 Å². The van der Waals surface area contributed by atoms with E-state index in [4.69, 9.17) is 4.74 Å². The van der Waals surface area contributed by atoms with Crippen molar-refractivity contribution in [2.75, 3.05) is 36.5 Å². The van der Waals surface area contributed by atoms with Gasteiger partial charge in [-0.05, 0) is 31.5 Å². The third-order valence-corrected chi connectivity index (χ3v) is 4.38. The standard InChI is InChI=1S/C19H25N5O2/c1-3-14(2)21-18(25)16-8-9-20-19(23-16)22-15-6-4-5-7-17(15)24-10-12-26-13-11-24/h4-9,14H,3,10-13H2,1-2H3,(H,21,25)(H,20,22,23). The molecule has 2 heterocycles. The van der Waals surface area contributed by atoms with E-state index in [9.17, 15) is 4.79 Å². The number of aromatic nitrogens is 2. The molecule has 1 fully saturated rings. The Labute approximate surface area is 153 Å². The molecule has 1 saturated heterocycles. The lowest BCUT2D eigenvalue weighted by Gasteiger charge is -2.30. The van der Waals surface area contributed by atoms with Crippen molar-refractivity contribution in [2.45, 2.75) is 26.3 Å². The minimum absolute atomic E-state index is 0.107. The van der Waals surface area contributed by atoms with E-state index < -0.39 is 0 Å². The lowest BCUT2D eigenvalue weighted by atomic mass is 10.2. The molecule has 7 heteroatoms. The van der Waals surface area contributed by atoms with Gasteiger partial charge in [0.05, 0.1) is 24.6 Å². The van der Waals surface area contributed by atoms with Gasteiger partial charge in [0, 0.05) is 25.3 Å². The number of carbonyl (C=O) groups excluding carboxylic acids is 1. The smallest absolute Gasteiger partial charge is 0.270 e. The molecule has 2 aromatic rings. The summed E-state index contributed by atoms with van der Waals surface area (Å²) in [5.74, 6) is 0.216. The van der Waals surface area contributed by atoms with Crippen molar-refractivity contribution in [2.24, 2.45) is 0 Å². The molecule has 26 heavy (non-hydrogen) atoms. The molecule has 1 aliphatic heterocycles. The van der Waals surface area contributed by atoms with Gasteiger partial charge in [-0.1, -0.05) is 19.1 Å². The van der Waals surface area contributed by atoms with Gasteiger partial charge in [0.15, 0.2) is 0 Å². The molecule has 2 N–H and O–H groups in total. The van der Waals surface area contributed by atoms with Gasteiger partial charge in [-0.3, -0.25) is 4.79 Å². The average Bonchev–Trinajstić information content (AvgIpc) is 2.69. The van der Waals surface area contributed by atoms with Crippen LogP contribution in [0.2, 0.25) is 0 Å². The first kappa shape index (κ1) is 18.1. The second-order valence-corrected chi connectivity index (χ2v) is 6.29. The number of ether oxygens (including phenoxy) is 1. The van der Waals surface area contributed by atoms with E-state index >= 15 is 0 Å². The molecule has 1 aliphatic rings. The number of benzene rings is 1. The summed E-state index contributed by atoms with van der Waals surface area (Å²) in [6, 6.07) is 9.75. The molecule has 0 saturated carbocycles. The first-order chi connectivity index (χ1) is 12.7. The Morgan fingerprint density at radius 2 is 2.04 bits per heavy atom. The fourth-order valence-corrected chi connectivity index (χ4v) is 2.72. The highest BCUT2D eigenvalue weighted by atomic mass is 16.5. The second kappa shape index (κ2) is 8.62. The molecule has 3 rings (SSSR count). The van der Waals surface area contributed by atoms with Crippen LogP contribution in [0.5, 0.6) is 0 Å². The molecule has 1 atom stereocenters. The lowest BCUT2D eigenvalue weighted by molar-refractivity contribution is 0.0934. The number of para-hydroxylation sites is 2. The number of nitrogens with zero attached hydrogens (tertiary/aromatic N) is 3. The number of anilines is 3. The minimum Gasteiger partial charge on any atom is -0.378 e. The summed E-state index contributed by atoms with van der Waals surface area (Å²) in [5.41, 5.74) is 2.34. The summed E-state index contributed by atoms with van der Waals surface area (Å²) in [5, 5.41) is 6.17. The summed E-state index contributed by atoms with van der Waals surface area (Å²) >= 11 is 0. The molecule has 0 radical (unpaired) electrons. The van der Waals surface area contributed by atoms with Crippen LogP contribution in [-0.2, 0) is 4.74 Å². The van der Waals surface area contributed by atoms with Crippen molar-refractivity contribution in [3.05, 3.63) is 42.2 Å². The predicted molar refractivity (Wildman–Crippen MR) is 102 cm³/mol. The fraction of sp³-hybridized carbons (Fsp3) is 0.421. The molecular formula is C19H25N5O2. The second-order valence-electron chi connectivity index (χ2n) is 6.29. The third kappa shape index (κ3) is 4.49. The van der Waals surface area contributed by atoms with Crippen LogP contribution in [0.25, 0.3) is 0 Å². The Bertz CT molecular complexity index is 746. The Balaban J connectivity index is 1.77. The number of rotatable bonds is 6. The quantitative estimate of drug-likeness (QED) is 0.829. The molecule has 1 aromatic carbocycles. The predicted octanol–water partition coefficient (Wildman–Crippen LogP) is 2.59. The van der Waals surface area contributed by atoms with Crippen molar-refractivity contribution in [1.82, 2.24) is 15.3 Å².